The van der Waals surface area contributed by atoms with Gasteiger partial charge in [0, 0.05) is 13.5 Å². The zero-order chi connectivity index (χ0) is 9.40. The number of nitrogens with zero attached hydrogens (tertiary/aromatic N) is 1. The maximum Gasteiger partial charge on any atom is 0.433 e. The molecule has 0 fully saturated rings. The van der Waals surface area contributed by atoms with Gasteiger partial charge in [-0.05, 0) is 6.42 Å². The predicted octanol–water partition coefficient (Wildman–Crippen LogP) is 0.805. The predicted molar refractivity (Wildman–Crippen MR) is 46.7 cm³/mol. The molecule has 0 atom stereocenters. The van der Waals surface area contributed by atoms with Crippen molar-refractivity contribution in [1.82, 2.24) is 5.32 Å². The molecular weight excluding hydrogens is 158 g/mol. The molecule has 0 aliphatic heterocycles. The van der Waals surface area contributed by atoms with Gasteiger partial charge in [-0.15, -0.1) is 0 Å². The molecule has 5 heteroatoms. The van der Waals surface area contributed by atoms with Crippen LogP contribution in [0.25, 0.3) is 0 Å². The number of unbranched alkanes of at least 4 members (excludes halogenated alkanes) is 1. The number of nitrogens with two attached hydrogens (primary N) is 1. The van der Waals surface area contributed by atoms with Crippen molar-refractivity contribution >= 4 is 11.9 Å². The molecule has 0 aromatic rings. The Morgan fingerprint density at radius 3 is 2.83 bits per heavy atom. The topological polar surface area (TPSA) is 76.7 Å². The second-order valence-corrected chi connectivity index (χ2v) is 2.31. The zero-order valence-corrected chi connectivity index (χ0v) is 7.46. The van der Waals surface area contributed by atoms with E-state index in [-0.39, 0.29) is 0 Å². The lowest BCUT2D eigenvalue weighted by atomic mass is 10.2. The Morgan fingerprint density at radius 1 is 1.67 bits per heavy atom. The number of nitrogens with one attached hydrogen (secondary N) is 1. The molecule has 0 spiro atoms. The standard InChI is InChI=1S/C7H15N3O2/c1-3-4-5-6(8)10-12-7(11)9-2/h3-5H2,1-2H3,(H2,8,10)(H,9,11). The Labute approximate surface area is 71.9 Å². The fourth-order valence-electron chi connectivity index (χ4n) is 0.549. The fraction of sp³-hybridized carbons (Fsp3) is 0.714. The maximum atomic E-state index is 10.5. The minimum Gasteiger partial charge on any atom is -0.384 e. The van der Waals surface area contributed by atoms with Crippen LogP contribution >= 0.6 is 0 Å². The smallest absolute Gasteiger partial charge is 0.384 e. The molecule has 1 amide bonds. The van der Waals surface area contributed by atoms with Crippen molar-refractivity contribution in [2.45, 2.75) is 26.2 Å². The first-order valence-electron chi connectivity index (χ1n) is 3.91. The van der Waals surface area contributed by atoms with E-state index in [0.717, 1.165) is 12.8 Å². The summed E-state index contributed by atoms with van der Waals surface area (Å²) in [5, 5.41) is 5.67. The van der Waals surface area contributed by atoms with Gasteiger partial charge in [0.1, 0.15) is 5.84 Å². The van der Waals surface area contributed by atoms with Gasteiger partial charge in [-0.25, -0.2) is 4.79 Å². The molecule has 70 valence electrons. The molecule has 0 aromatic heterocycles. The lowest BCUT2D eigenvalue weighted by Crippen LogP contribution is -2.19. The highest BCUT2D eigenvalue weighted by Crippen LogP contribution is 1.93. The van der Waals surface area contributed by atoms with E-state index >= 15 is 0 Å². The van der Waals surface area contributed by atoms with Crippen LogP contribution in [0.2, 0.25) is 0 Å². The van der Waals surface area contributed by atoms with E-state index in [1.807, 2.05) is 6.92 Å². The molecule has 0 saturated carbocycles. The molecule has 0 aliphatic carbocycles. The highest BCUT2D eigenvalue weighted by molar-refractivity contribution is 5.80. The normalized spacial score (nSPS) is 11.0. The third-order valence-corrected chi connectivity index (χ3v) is 1.24. The molecule has 5 nitrogen and oxygen atoms in total. The third-order valence-electron chi connectivity index (χ3n) is 1.24. The van der Waals surface area contributed by atoms with Crippen LogP contribution in [0.15, 0.2) is 5.16 Å². The van der Waals surface area contributed by atoms with Crippen LogP contribution in [0.5, 0.6) is 0 Å². The van der Waals surface area contributed by atoms with Crippen molar-refractivity contribution in [3.8, 4) is 0 Å². The number of hydrogen-bond acceptors (Lipinski definition) is 3. The maximum absolute atomic E-state index is 10.5. The average Bonchev–Trinajstić information content (AvgIpc) is 2.10. The van der Waals surface area contributed by atoms with E-state index in [1.165, 1.54) is 7.05 Å². The molecular formula is C7H15N3O2. The summed E-state index contributed by atoms with van der Waals surface area (Å²) in [6, 6.07) is 0. The van der Waals surface area contributed by atoms with Crippen molar-refractivity contribution in [2.75, 3.05) is 7.05 Å². The van der Waals surface area contributed by atoms with Crippen molar-refractivity contribution in [3.63, 3.8) is 0 Å². The number of hydrogen-bond donors (Lipinski definition) is 2. The summed E-state index contributed by atoms with van der Waals surface area (Å²) >= 11 is 0. The van der Waals surface area contributed by atoms with E-state index in [1.54, 1.807) is 0 Å². The van der Waals surface area contributed by atoms with Gasteiger partial charge in [-0.1, -0.05) is 18.5 Å². The number of rotatable bonds is 4. The number of carbonyl (C=O) groups is 1. The minimum absolute atomic E-state index is 0.348. The molecule has 0 aliphatic rings. The van der Waals surface area contributed by atoms with E-state index in [9.17, 15) is 4.79 Å². The lowest BCUT2D eigenvalue weighted by molar-refractivity contribution is 0.152. The molecule has 0 radical (unpaired) electrons. The SMILES string of the molecule is CCCCC(N)=NOC(=O)NC. The second kappa shape index (κ2) is 6.45. The first-order valence-corrected chi connectivity index (χ1v) is 3.91. The summed E-state index contributed by atoms with van der Waals surface area (Å²) in [6.45, 7) is 2.05. The number of oxime groups is 1. The van der Waals surface area contributed by atoms with Gasteiger partial charge >= 0.3 is 6.09 Å². The van der Waals surface area contributed by atoms with E-state index in [0.29, 0.717) is 12.3 Å². The Kier molecular flexibility index (Phi) is 5.77. The highest BCUT2D eigenvalue weighted by atomic mass is 16.7. The van der Waals surface area contributed by atoms with Crippen LogP contribution in [0.1, 0.15) is 26.2 Å². The van der Waals surface area contributed by atoms with Gasteiger partial charge in [0.05, 0.1) is 0 Å². The summed E-state index contributed by atoms with van der Waals surface area (Å²) in [4.78, 5) is 14.9. The van der Waals surface area contributed by atoms with Gasteiger partial charge in [0.25, 0.3) is 0 Å². The molecule has 0 saturated heterocycles. The number of carbonyl (C=O) groups excluding carboxylic acids is 1. The number of amidine groups is 1. The Bertz CT molecular complexity index is 168. The quantitative estimate of drug-likeness (QED) is 0.286. The summed E-state index contributed by atoms with van der Waals surface area (Å²) in [5.74, 6) is 0.348. The largest absolute Gasteiger partial charge is 0.433 e. The van der Waals surface area contributed by atoms with Crippen LogP contribution in [0, 0.1) is 0 Å². The molecule has 0 aromatic carbocycles. The van der Waals surface area contributed by atoms with Gasteiger partial charge < -0.3 is 11.1 Å². The van der Waals surface area contributed by atoms with Gasteiger partial charge in [-0.3, -0.25) is 4.84 Å². The van der Waals surface area contributed by atoms with Crippen molar-refractivity contribution < 1.29 is 9.63 Å². The Hall–Kier alpha value is -1.26. The van der Waals surface area contributed by atoms with Gasteiger partial charge in [-0.2, -0.15) is 0 Å². The van der Waals surface area contributed by atoms with Crippen LogP contribution in [-0.4, -0.2) is 19.0 Å². The summed E-state index contributed by atoms with van der Waals surface area (Å²) in [6.07, 6.45) is 2.05. The third kappa shape index (κ3) is 5.52. The average molecular weight is 173 g/mol. The summed E-state index contributed by atoms with van der Waals surface area (Å²) in [5.41, 5.74) is 5.41. The first kappa shape index (κ1) is 10.7. The van der Waals surface area contributed by atoms with E-state index < -0.39 is 6.09 Å². The highest BCUT2D eigenvalue weighted by Gasteiger charge is 1.96. The van der Waals surface area contributed by atoms with Crippen LogP contribution in [0.3, 0.4) is 0 Å². The lowest BCUT2D eigenvalue weighted by Gasteiger charge is -1.98. The van der Waals surface area contributed by atoms with Crippen LogP contribution in [-0.2, 0) is 4.84 Å². The molecule has 0 heterocycles. The minimum atomic E-state index is -0.602. The molecule has 0 unspecified atom stereocenters. The fourth-order valence-corrected chi connectivity index (χ4v) is 0.549. The van der Waals surface area contributed by atoms with Crippen molar-refractivity contribution in [3.05, 3.63) is 0 Å². The molecule has 12 heavy (non-hydrogen) atoms. The second-order valence-electron chi connectivity index (χ2n) is 2.31. The first-order chi connectivity index (χ1) is 5.70. The Morgan fingerprint density at radius 2 is 2.33 bits per heavy atom. The van der Waals surface area contributed by atoms with Gasteiger partial charge in [0.2, 0.25) is 0 Å². The van der Waals surface area contributed by atoms with E-state index in [2.05, 4.69) is 15.3 Å². The van der Waals surface area contributed by atoms with Crippen LogP contribution < -0.4 is 11.1 Å². The monoisotopic (exact) mass is 173 g/mol. The van der Waals surface area contributed by atoms with E-state index in [4.69, 9.17) is 5.73 Å². The van der Waals surface area contributed by atoms with Gasteiger partial charge in [0.15, 0.2) is 0 Å². The molecule has 0 bridgehead atoms. The zero-order valence-electron chi connectivity index (χ0n) is 7.46. The molecule has 3 N–H and O–H groups in total. The summed E-state index contributed by atoms with van der Waals surface area (Å²) < 4.78 is 0. The van der Waals surface area contributed by atoms with Crippen LogP contribution in [0.4, 0.5) is 4.79 Å². The summed E-state index contributed by atoms with van der Waals surface area (Å²) in [7, 11) is 1.46. The van der Waals surface area contributed by atoms with Crippen molar-refractivity contribution in [2.24, 2.45) is 10.9 Å². The molecule has 0 rings (SSSR count). The number of amides is 1. The van der Waals surface area contributed by atoms with Crippen molar-refractivity contribution in [1.29, 1.82) is 0 Å². The Balaban J connectivity index is 3.60.